The average molecular weight is 384 g/mol. The minimum Gasteiger partial charge on any atom is -0.323 e. The summed E-state index contributed by atoms with van der Waals surface area (Å²) < 4.78 is 2.38. The third-order valence-electron chi connectivity index (χ3n) is 5.40. The lowest BCUT2D eigenvalue weighted by atomic mass is 10.1. The van der Waals surface area contributed by atoms with Gasteiger partial charge in [-0.15, -0.1) is 0 Å². The fourth-order valence-electron chi connectivity index (χ4n) is 3.61. The molecule has 3 rings (SSSR count). The van der Waals surface area contributed by atoms with Crippen LogP contribution < -0.4 is 5.32 Å². The highest BCUT2D eigenvalue weighted by Gasteiger charge is 2.14. The van der Waals surface area contributed by atoms with E-state index in [1.807, 2.05) is 12.1 Å². The summed E-state index contributed by atoms with van der Waals surface area (Å²) in [6.07, 6.45) is 3.22. The number of hydrogen-bond donors (Lipinski definition) is 1. The van der Waals surface area contributed by atoms with Crippen LogP contribution in [0.5, 0.6) is 0 Å². The molecule has 27 heavy (non-hydrogen) atoms. The van der Waals surface area contributed by atoms with E-state index in [1.165, 1.54) is 28.0 Å². The Bertz CT molecular complexity index is 896. The van der Waals surface area contributed by atoms with Crippen molar-refractivity contribution < 1.29 is 0 Å². The van der Waals surface area contributed by atoms with Gasteiger partial charge in [-0.25, -0.2) is 4.98 Å². The van der Waals surface area contributed by atoms with Crippen LogP contribution >= 0.6 is 11.6 Å². The molecule has 1 N–H and O–H groups in total. The van der Waals surface area contributed by atoms with E-state index >= 15 is 0 Å². The summed E-state index contributed by atoms with van der Waals surface area (Å²) in [5.41, 5.74) is 6.17. The summed E-state index contributed by atoms with van der Waals surface area (Å²) in [6.45, 7) is 10.6. The predicted molar refractivity (Wildman–Crippen MR) is 116 cm³/mol. The first-order valence-electron chi connectivity index (χ1n) is 9.96. The van der Waals surface area contributed by atoms with Crippen LogP contribution in [0, 0.1) is 13.8 Å². The summed E-state index contributed by atoms with van der Waals surface area (Å²) >= 11 is 6.06. The van der Waals surface area contributed by atoms with E-state index in [0.29, 0.717) is 6.04 Å². The largest absolute Gasteiger partial charge is 0.323 e. The van der Waals surface area contributed by atoms with Crippen LogP contribution in [0.1, 0.15) is 49.2 Å². The van der Waals surface area contributed by atoms with Gasteiger partial charge in [0.2, 0.25) is 0 Å². The van der Waals surface area contributed by atoms with Gasteiger partial charge in [-0.1, -0.05) is 37.6 Å². The van der Waals surface area contributed by atoms with Crippen molar-refractivity contribution >= 4 is 22.6 Å². The van der Waals surface area contributed by atoms with E-state index in [2.05, 4.69) is 61.8 Å². The average Bonchev–Trinajstić information content (AvgIpc) is 2.97. The monoisotopic (exact) mass is 383 g/mol. The molecule has 0 bridgehead atoms. The first-order chi connectivity index (χ1) is 13.0. The summed E-state index contributed by atoms with van der Waals surface area (Å²) in [6, 6.07) is 13.2. The summed E-state index contributed by atoms with van der Waals surface area (Å²) in [4.78, 5) is 5.00. The number of imidazole rings is 1. The van der Waals surface area contributed by atoms with E-state index in [4.69, 9.17) is 16.6 Å². The molecule has 0 fully saturated rings. The van der Waals surface area contributed by atoms with Crippen molar-refractivity contribution in [3.63, 3.8) is 0 Å². The lowest BCUT2D eigenvalue weighted by Gasteiger charge is -2.16. The molecule has 0 aliphatic heterocycles. The van der Waals surface area contributed by atoms with Gasteiger partial charge in [0.15, 0.2) is 0 Å². The number of benzene rings is 2. The Labute approximate surface area is 167 Å². The number of nitrogens with zero attached hydrogens (tertiary/aromatic N) is 2. The molecule has 1 heterocycles. The smallest absolute Gasteiger partial charge is 0.110 e. The Hall–Kier alpha value is -1.84. The van der Waals surface area contributed by atoms with Gasteiger partial charge >= 0.3 is 0 Å². The Balaban J connectivity index is 1.96. The minimum atomic E-state index is 0.544. The molecule has 0 spiro atoms. The highest BCUT2D eigenvalue weighted by molar-refractivity contribution is 6.30. The van der Waals surface area contributed by atoms with Crippen LogP contribution in [-0.2, 0) is 13.0 Å². The van der Waals surface area contributed by atoms with Crippen LogP contribution in [0.3, 0.4) is 0 Å². The molecule has 4 heteroatoms. The standard InChI is InChI=1S/C23H30ClN3/c1-5-20(25-6-2)11-12-23-26-21-13-16(3)17(4)14-22(21)27(23)15-18-7-9-19(24)10-8-18/h7-10,13-14,20,25H,5-6,11-12,15H2,1-4H3. The zero-order valence-electron chi connectivity index (χ0n) is 16.8. The molecule has 2 aromatic carbocycles. The lowest BCUT2D eigenvalue weighted by molar-refractivity contribution is 0.473. The van der Waals surface area contributed by atoms with E-state index in [9.17, 15) is 0 Å². The van der Waals surface area contributed by atoms with E-state index < -0.39 is 0 Å². The third-order valence-corrected chi connectivity index (χ3v) is 5.65. The zero-order chi connectivity index (χ0) is 19.4. The first kappa shape index (κ1) is 19.9. The second-order valence-electron chi connectivity index (χ2n) is 7.37. The van der Waals surface area contributed by atoms with Crippen molar-refractivity contribution in [3.05, 3.63) is 63.9 Å². The van der Waals surface area contributed by atoms with Crippen LogP contribution in [0.4, 0.5) is 0 Å². The second-order valence-corrected chi connectivity index (χ2v) is 7.80. The minimum absolute atomic E-state index is 0.544. The van der Waals surface area contributed by atoms with E-state index in [-0.39, 0.29) is 0 Å². The SMILES string of the molecule is CCNC(CC)CCc1nc2cc(C)c(C)cc2n1Cc1ccc(Cl)cc1. The fourth-order valence-corrected chi connectivity index (χ4v) is 3.74. The van der Waals surface area contributed by atoms with Gasteiger partial charge in [-0.05, 0) is 74.2 Å². The summed E-state index contributed by atoms with van der Waals surface area (Å²) in [5, 5.41) is 4.35. The molecule has 1 aromatic heterocycles. The molecule has 3 aromatic rings. The number of nitrogens with one attached hydrogen (secondary N) is 1. The van der Waals surface area contributed by atoms with Crippen LogP contribution in [0.15, 0.2) is 36.4 Å². The Morgan fingerprint density at radius 3 is 2.44 bits per heavy atom. The van der Waals surface area contributed by atoms with Gasteiger partial charge in [0.05, 0.1) is 11.0 Å². The van der Waals surface area contributed by atoms with Gasteiger partial charge in [0.1, 0.15) is 5.82 Å². The summed E-state index contributed by atoms with van der Waals surface area (Å²) in [7, 11) is 0. The molecule has 0 aliphatic rings. The van der Waals surface area contributed by atoms with Gasteiger partial charge in [-0.2, -0.15) is 0 Å². The third kappa shape index (κ3) is 4.72. The molecule has 0 saturated heterocycles. The van der Waals surface area contributed by atoms with Crippen molar-refractivity contribution in [2.24, 2.45) is 0 Å². The quantitative estimate of drug-likeness (QED) is 0.542. The highest BCUT2D eigenvalue weighted by atomic mass is 35.5. The Morgan fingerprint density at radius 2 is 1.78 bits per heavy atom. The van der Waals surface area contributed by atoms with Gasteiger partial charge in [0.25, 0.3) is 0 Å². The molecule has 1 atom stereocenters. The molecular weight excluding hydrogens is 354 g/mol. The van der Waals surface area contributed by atoms with Crippen molar-refractivity contribution in [1.29, 1.82) is 0 Å². The molecule has 0 amide bonds. The number of hydrogen-bond acceptors (Lipinski definition) is 2. The van der Waals surface area contributed by atoms with Gasteiger partial charge < -0.3 is 9.88 Å². The maximum absolute atomic E-state index is 6.06. The normalized spacial score (nSPS) is 12.6. The molecule has 1 unspecified atom stereocenters. The highest BCUT2D eigenvalue weighted by Crippen LogP contribution is 2.23. The number of rotatable bonds is 8. The summed E-state index contributed by atoms with van der Waals surface area (Å²) in [5.74, 6) is 1.17. The Morgan fingerprint density at radius 1 is 1.07 bits per heavy atom. The molecule has 144 valence electrons. The van der Waals surface area contributed by atoms with Gasteiger partial charge in [-0.3, -0.25) is 0 Å². The van der Waals surface area contributed by atoms with Crippen molar-refractivity contribution in [2.75, 3.05) is 6.54 Å². The number of aromatic nitrogens is 2. The maximum Gasteiger partial charge on any atom is 0.110 e. The van der Waals surface area contributed by atoms with Crippen molar-refractivity contribution in [1.82, 2.24) is 14.9 Å². The second kappa shape index (κ2) is 8.90. The van der Waals surface area contributed by atoms with E-state index in [1.54, 1.807) is 0 Å². The number of halogens is 1. The first-order valence-corrected chi connectivity index (χ1v) is 10.3. The molecule has 3 nitrogen and oxygen atoms in total. The lowest BCUT2D eigenvalue weighted by Crippen LogP contribution is -2.28. The van der Waals surface area contributed by atoms with Gasteiger partial charge in [0, 0.05) is 24.0 Å². The van der Waals surface area contributed by atoms with Crippen LogP contribution in [0.25, 0.3) is 11.0 Å². The topological polar surface area (TPSA) is 29.9 Å². The van der Waals surface area contributed by atoms with Crippen molar-refractivity contribution in [3.8, 4) is 0 Å². The molecule has 0 aliphatic carbocycles. The number of fused-ring (bicyclic) bond motifs is 1. The van der Waals surface area contributed by atoms with Crippen LogP contribution in [-0.4, -0.2) is 22.1 Å². The molecule has 0 radical (unpaired) electrons. The number of aryl methyl sites for hydroxylation is 3. The Kier molecular flexibility index (Phi) is 6.56. The zero-order valence-corrected chi connectivity index (χ0v) is 17.6. The fraction of sp³-hybridized carbons (Fsp3) is 0.435. The molecule has 0 saturated carbocycles. The maximum atomic E-state index is 6.06. The molecular formula is C23H30ClN3. The predicted octanol–water partition coefficient (Wildman–Crippen LogP) is 5.68. The van der Waals surface area contributed by atoms with Crippen molar-refractivity contribution in [2.45, 2.75) is 59.5 Å². The van der Waals surface area contributed by atoms with Crippen LogP contribution in [0.2, 0.25) is 5.02 Å². The van der Waals surface area contributed by atoms with E-state index in [0.717, 1.165) is 42.9 Å².